The molecule has 4 saturated carbocycles. The molecule has 1 aromatic rings. The summed E-state index contributed by atoms with van der Waals surface area (Å²) in [5.41, 5.74) is 3.07. The van der Waals surface area contributed by atoms with E-state index in [9.17, 15) is 19.5 Å². The summed E-state index contributed by atoms with van der Waals surface area (Å²) in [7, 11) is 4.12. The topological polar surface area (TPSA) is 95.9 Å². The van der Waals surface area contributed by atoms with E-state index in [-0.39, 0.29) is 55.6 Å². The smallest absolute Gasteiger partial charge is 0.339 e. The van der Waals surface area contributed by atoms with E-state index in [1.165, 1.54) is 11.6 Å². The van der Waals surface area contributed by atoms with Crippen molar-refractivity contribution < 1.29 is 24.2 Å². The number of allylic oxidation sites excluding steroid dienone is 1. The largest absolute Gasteiger partial charge is 0.478 e. The average molecular weight is 675 g/mol. The Bertz CT molecular complexity index is 1540. The Morgan fingerprint density at radius 2 is 1.51 bits per heavy atom. The van der Waals surface area contributed by atoms with Crippen molar-refractivity contribution in [2.45, 2.75) is 125 Å². The first-order valence-corrected chi connectivity index (χ1v) is 19.0. The summed E-state index contributed by atoms with van der Waals surface area (Å²) >= 11 is 0. The van der Waals surface area contributed by atoms with Crippen LogP contribution in [0.2, 0.25) is 0 Å². The van der Waals surface area contributed by atoms with Gasteiger partial charge in [-0.2, -0.15) is 0 Å². The number of ether oxygens (including phenoxy) is 1. The van der Waals surface area contributed by atoms with Crippen LogP contribution in [0.4, 0.5) is 0 Å². The third-order valence-electron chi connectivity index (χ3n) is 15.4. The lowest BCUT2D eigenvalue weighted by molar-refractivity contribution is -0.205. The molecule has 7 heteroatoms. The number of nitrogens with zero attached hydrogens (tertiary/aromatic N) is 1. The number of hydrogen-bond acceptors (Lipinski definition) is 5. The van der Waals surface area contributed by atoms with Gasteiger partial charge in [-0.3, -0.25) is 4.79 Å². The monoisotopic (exact) mass is 674 g/mol. The van der Waals surface area contributed by atoms with Gasteiger partial charge in [-0.15, -0.1) is 0 Å². The van der Waals surface area contributed by atoms with Gasteiger partial charge in [0.05, 0.1) is 16.5 Å². The zero-order valence-electron chi connectivity index (χ0n) is 31.8. The van der Waals surface area contributed by atoms with Gasteiger partial charge in [-0.05, 0) is 130 Å². The molecule has 2 N–H and O–H groups in total. The first-order chi connectivity index (χ1) is 22.8. The minimum Gasteiger partial charge on any atom is -0.478 e. The standard InChI is InChI=1S/C42H62N2O5/c1-37(2)20-22-42(36(48)43-24-25-44(8)9)23-21-40(6)29(30(42)26-37)14-15-32-39(5)18-17-33(38(3,4)31(39)16-19-41(32,40)7)49-35(47)28-13-11-10-12-27(28)34(45)46/h10-13,31-33H,14-26H2,1-9H3,(H,43,48)(H,45,46)/t31-,32+,33-,39-,40+,41+,42-/m0/s1. The zero-order chi connectivity index (χ0) is 35.8. The third kappa shape index (κ3) is 5.60. The maximum atomic E-state index is 14.2. The molecule has 0 unspecified atom stereocenters. The van der Waals surface area contributed by atoms with E-state index >= 15 is 0 Å². The van der Waals surface area contributed by atoms with Crippen molar-refractivity contribution in [1.82, 2.24) is 10.2 Å². The van der Waals surface area contributed by atoms with Gasteiger partial charge in [0.15, 0.2) is 0 Å². The summed E-state index contributed by atoms with van der Waals surface area (Å²) < 4.78 is 6.25. The Morgan fingerprint density at radius 1 is 0.837 bits per heavy atom. The highest BCUT2D eigenvalue weighted by Gasteiger charge is 2.68. The van der Waals surface area contributed by atoms with Crippen molar-refractivity contribution >= 4 is 17.8 Å². The molecule has 5 aliphatic rings. The van der Waals surface area contributed by atoms with E-state index in [0.717, 1.165) is 77.2 Å². The molecule has 5 aliphatic carbocycles. The lowest BCUT2D eigenvalue weighted by Crippen LogP contribution is -2.64. The van der Waals surface area contributed by atoms with E-state index in [0.29, 0.717) is 18.4 Å². The van der Waals surface area contributed by atoms with Crippen LogP contribution in [0, 0.1) is 44.3 Å². The predicted octanol–water partition coefficient (Wildman–Crippen LogP) is 8.53. The highest BCUT2D eigenvalue weighted by molar-refractivity contribution is 6.02. The Hall–Kier alpha value is -2.67. The average Bonchev–Trinajstić information content (AvgIpc) is 3.02. The second-order valence-corrected chi connectivity index (χ2v) is 19.0. The Balaban J connectivity index is 1.30. The number of rotatable bonds is 7. The highest BCUT2D eigenvalue weighted by atomic mass is 16.5. The summed E-state index contributed by atoms with van der Waals surface area (Å²) in [6.45, 7) is 18.6. The third-order valence-corrected chi connectivity index (χ3v) is 15.4. The van der Waals surface area contributed by atoms with E-state index in [4.69, 9.17) is 4.74 Å². The molecule has 4 fully saturated rings. The van der Waals surface area contributed by atoms with Crippen LogP contribution in [0.5, 0.6) is 0 Å². The normalized spacial score (nSPS) is 37.6. The number of benzene rings is 1. The fourth-order valence-corrected chi connectivity index (χ4v) is 12.4. The minimum atomic E-state index is -1.11. The van der Waals surface area contributed by atoms with Gasteiger partial charge in [0, 0.05) is 18.5 Å². The predicted molar refractivity (Wildman–Crippen MR) is 193 cm³/mol. The Labute approximate surface area is 295 Å². The van der Waals surface area contributed by atoms with Crippen molar-refractivity contribution in [1.29, 1.82) is 0 Å². The van der Waals surface area contributed by atoms with Crippen molar-refractivity contribution in [3.63, 3.8) is 0 Å². The molecule has 49 heavy (non-hydrogen) atoms. The molecule has 0 radical (unpaired) electrons. The van der Waals surface area contributed by atoms with E-state index < -0.39 is 11.9 Å². The highest BCUT2D eigenvalue weighted by Crippen LogP contribution is 2.75. The lowest BCUT2D eigenvalue weighted by atomic mass is 9.34. The molecular weight excluding hydrogens is 612 g/mol. The van der Waals surface area contributed by atoms with Crippen LogP contribution in [0.15, 0.2) is 35.4 Å². The lowest BCUT2D eigenvalue weighted by Gasteiger charge is -2.71. The second-order valence-electron chi connectivity index (χ2n) is 19.0. The van der Waals surface area contributed by atoms with Gasteiger partial charge >= 0.3 is 11.9 Å². The number of carbonyl (C=O) groups is 3. The fraction of sp³-hybridized carbons (Fsp3) is 0.738. The minimum absolute atomic E-state index is 0.0105. The number of likely N-dealkylation sites (N-methyl/N-ethyl adjacent to an activating group) is 1. The quantitative estimate of drug-likeness (QED) is 0.222. The van der Waals surface area contributed by atoms with Gasteiger partial charge in [-0.1, -0.05) is 71.7 Å². The van der Waals surface area contributed by atoms with Gasteiger partial charge in [0.1, 0.15) is 6.10 Å². The second kappa shape index (κ2) is 12.2. The maximum absolute atomic E-state index is 14.2. The van der Waals surface area contributed by atoms with Crippen LogP contribution in [-0.2, 0) is 9.53 Å². The Kier molecular flexibility index (Phi) is 9.02. The molecule has 270 valence electrons. The number of hydrogen-bond donors (Lipinski definition) is 2. The number of fused-ring (bicyclic) bond motifs is 6. The molecule has 1 amide bonds. The molecule has 0 spiro atoms. The first kappa shape index (κ1) is 36.1. The van der Waals surface area contributed by atoms with Crippen molar-refractivity contribution in [3.05, 3.63) is 46.5 Å². The van der Waals surface area contributed by atoms with Crippen LogP contribution < -0.4 is 5.32 Å². The van der Waals surface area contributed by atoms with Crippen LogP contribution >= 0.6 is 0 Å². The summed E-state index contributed by atoms with van der Waals surface area (Å²) in [6, 6.07) is 6.37. The number of carboxylic acids is 1. The Morgan fingerprint density at radius 3 is 2.18 bits per heavy atom. The van der Waals surface area contributed by atoms with Crippen LogP contribution in [-0.4, -0.2) is 61.1 Å². The van der Waals surface area contributed by atoms with E-state index in [1.54, 1.807) is 23.8 Å². The fourth-order valence-electron chi connectivity index (χ4n) is 12.4. The number of amides is 1. The molecule has 0 aromatic heterocycles. The molecule has 0 bridgehead atoms. The number of esters is 1. The summed E-state index contributed by atoms with van der Waals surface area (Å²) in [5.74, 6) is -0.464. The van der Waals surface area contributed by atoms with Crippen LogP contribution in [0.25, 0.3) is 0 Å². The van der Waals surface area contributed by atoms with Crippen LogP contribution in [0.3, 0.4) is 0 Å². The first-order valence-electron chi connectivity index (χ1n) is 19.0. The van der Waals surface area contributed by atoms with Crippen molar-refractivity contribution in [2.24, 2.45) is 44.3 Å². The molecule has 7 nitrogen and oxygen atoms in total. The number of nitrogens with one attached hydrogen (secondary N) is 1. The molecule has 0 saturated heterocycles. The molecule has 1 aromatic carbocycles. The number of aromatic carboxylic acids is 1. The molecule has 6 rings (SSSR count). The molecule has 0 heterocycles. The van der Waals surface area contributed by atoms with Crippen molar-refractivity contribution in [3.8, 4) is 0 Å². The summed E-state index contributed by atoms with van der Waals surface area (Å²) in [4.78, 5) is 41.7. The number of carboxylic acid groups (broad SMARTS) is 1. The van der Waals surface area contributed by atoms with Crippen LogP contribution in [0.1, 0.15) is 140 Å². The molecular formula is C42H62N2O5. The maximum Gasteiger partial charge on any atom is 0.339 e. The summed E-state index contributed by atoms with van der Waals surface area (Å²) in [5, 5.41) is 13.1. The van der Waals surface area contributed by atoms with E-state index in [1.807, 2.05) is 0 Å². The summed E-state index contributed by atoms with van der Waals surface area (Å²) in [6.07, 6.45) is 11.0. The SMILES string of the molecule is CN(C)CCNC(=O)[C@]12CCC(C)(C)CC1=C1CC[C@@H]3[C@@]4(C)CC[C@H](OC(=O)c5ccccc5C(=O)O)C(C)(C)[C@@H]4CC[C@@]3(C)[C@]1(C)CC2. The van der Waals surface area contributed by atoms with Gasteiger partial charge in [0.25, 0.3) is 0 Å². The van der Waals surface area contributed by atoms with Crippen molar-refractivity contribution in [2.75, 3.05) is 27.2 Å². The molecule has 0 aliphatic heterocycles. The van der Waals surface area contributed by atoms with Gasteiger partial charge < -0.3 is 20.1 Å². The van der Waals surface area contributed by atoms with Gasteiger partial charge in [-0.25, -0.2) is 9.59 Å². The molecule has 7 atom stereocenters. The number of carbonyl (C=O) groups excluding carboxylic acids is 2. The van der Waals surface area contributed by atoms with Gasteiger partial charge in [0.2, 0.25) is 5.91 Å². The van der Waals surface area contributed by atoms with E-state index in [2.05, 4.69) is 72.8 Å². The zero-order valence-corrected chi connectivity index (χ0v) is 31.8.